The summed E-state index contributed by atoms with van der Waals surface area (Å²) in [4.78, 5) is 27.1. The second-order valence-electron chi connectivity index (χ2n) is 3.65. The maximum Gasteiger partial charge on any atom is 0.275 e. The number of hydrogen-bond acceptors (Lipinski definition) is 5. The molecule has 94 valence electrons. The Morgan fingerprint density at radius 3 is 2.94 bits per heavy atom. The van der Waals surface area contributed by atoms with Crippen LogP contribution in [0.3, 0.4) is 0 Å². The minimum atomic E-state index is -0.315. The number of carbonyl (C=O) groups is 1. The van der Waals surface area contributed by atoms with Gasteiger partial charge in [0.2, 0.25) is 5.56 Å². The van der Waals surface area contributed by atoms with Gasteiger partial charge in [0, 0.05) is 31.2 Å². The third kappa shape index (κ3) is 2.63. The number of anilines is 1. The first-order chi connectivity index (χ1) is 8.60. The van der Waals surface area contributed by atoms with E-state index >= 15 is 0 Å². The predicted molar refractivity (Wildman–Crippen MR) is 69.6 cm³/mol. The molecule has 6 nitrogen and oxygen atoms in total. The Morgan fingerprint density at radius 2 is 2.33 bits per heavy atom. The van der Waals surface area contributed by atoms with Crippen LogP contribution in [-0.4, -0.2) is 15.5 Å². The maximum absolute atomic E-state index is 11.8. The van der Waals surface area contributed by atoms with E-state index in [0.29, 0.717) is 22.9 Å². The molecule has 2 heterocycles. The summed E-state index contributed by atoms with van der Waals surface area (Å²) in [7, 11) is 1.62. The molecule has 0 saturated heterocycles. The lowest BCUT2D eigenvalue weighted by Crippen LogP contribution is -2.18. The number of nitrogens with one attached hydrogen (secondary N) is 1. The highest BCUT2D eigenvalue weighted by atomic mass is 32.1. The molecule has 2 aromatic heterocycles. The molecule has 2 aromatic rings. The number of carbonyl (C=O) groups excluding carboxylic acids is 1. The number of aryl methyl sites for hydroxylation is 1. The molecule has 0 bridgehead atoms. The first kappa shape index (κ1) is 12.5. The summed E-state index contributed by atoms with van der Waals surface area (Å²) < 4.78 is 1.39. The van der Waals surface area contributed by atoms with Crippen LogP contribution in [0.2, 0.25) is 0 Å². The minimum Gasteiger partial charge on any atom is -0.325 e. The normalized spacial score (nSPS) is 10.3. The summed E-state index contributed by atoms with van der Waals surface area (Å²) in [5.41, 5.74) is 6.17. The first-order valence-electron chi connectivity index (χ1n) is 5.22. The average molecular weight is 264 g/mol. The highest BCUT2D eigenvalue weighted by Gasteiger charge is 2.10. The standard InChI is InChI=1S/C11H12N4O2S/c1-15-5-7(2-3-10(15)16)13-11(17)8-6-18-9(4-12)14-8/h2-3,5-6H,4,12H2,1H3,(H,13,17). The van der Waals surface area contributed by atoms with Crippen LogP contribution >= 0.6 is 11.3 Å². The van der Waals surface area contributed by atoms with Crippen molar-refractivity contribution >= 4 is 22.9 Å². The molecule has 18 heavy (non-hydrogen) atoms. The van der Waals surface area contributed by atoms with Crippen LogP contribution in [0.25, 0.3) is 0 Å². The lowest BCUT2D eigenvalue weighted by Gasteiger charge is -2.04. The van der Waals surface area contributed by atoms with E-state index in [1.54, 1.807) is 24.7 Å². The zero-order valence-corrected chi connectivity index (χ0v) is 10.5. The van der Waals surface area contributed by atoms with Crippen molar-refractivity contribution in [2.75, 3.05) is 5.32 Å². The predicted octanol–water partition coefficient (Wildman–Crippen LogP) is 0.553. The van der Waals surface area contributed by atoms with Crippen molar-refractivity contribution in [1.82, 2.24) is 9.55 Å². The van der Waals surface area contributed by atoms with Crippen LogP contribution in [0.1, 0.15) is 15.5 Å². The number of hydrogen-bond donors (Lipinski definition) is 2. The number of pyridine rings is 1. The average Bonchev–Trinajstić information content (AvgIpc) is 2.82. The summed E-state index contributed by atoms with van der Waals surface area (Å²) in [6, 6.07) is 2.94. The number of amides is 1. The van der Waals surface area contributed by atoms with E-state index in [0.717, 1.165) is 0 Å². The Labute approximate surface area is 107 Å². The Kier molecular flexibility index (Phi) is 3.54. The van der Waals surface area contributed by atoms with E-state index < -0.39 is 0 Å². The van der Waals surface area contributed by atoms with E-state index in [4.69, 9.17) is 5.73 Å². The molecule has 0 radical (unpaired) electrons. The fourth-order valence-corrected chi connectivity index (χ4v) is 2.03. The molecule has 0 fully saturated rings. The van der Waals surface area contributed by atoms with Crippen molar-refractivity contribution in [3.05, 3.63) is 44.8 Å². The molecule has 0 aliphatic rings. The Bertz CT molecular complexity index is 632. The highest BCUT2D eigenvalue weighted by molar-refractivity contribution is 7.09. The quantitative estimate of drug-likeness (QED) is 0.847. The summed E-state index contributed by atoms with van der Waals surface area (Å²) in [5, 5.41) is 5.03. The third-order valence-electron chi connectivity index (χ3n) is 2.30. The fraction of sp³-hybridized carbons (Fsp3) is 0.182. The molecule has 0 atom stereocenters. The number of thiazole rings is 1. The number of aromatic nitrogens is 2. The summed E-state index contributed by atoms with van der Waals surface area (Å²) in [6.07, 6.45) is 1.55. The van der Waals surface area contributed by atoms with Crippen molar-refractivity contribution in [3.63, 3.8) is 0 Å². The lowest BCUT2D eigenvalue weighted by atomic mass is 10.3. The largest absolute Gasteiger partial charge is 0.325 e. The summed E-state index contributed by atoms with van der Waals surface area (Å²) >= 11 is 1.34. The van der Waals surface area contributed by atoms with Gasteiger partial charge >= 0.3 is 0 Å². The molecule has 0 saturated carbocycles. The van der Waals surface area contributed by atoms with Gasteiger partial charge in [-0.1, -0.05) is 0 Å². The van der Waals surface area contributed by atoms with Gasteiger partial charge in [0.05, 0.1) is 5.69 Å². The van der Waals surface area contributed by atoms with Crippen LogP contribution in [0, 0.1) is 0 Å². The molecule has 0 aliphatic carbocycles. The van der Waals surface area contributed by atoms with Crippen molar-refractivity contribution in [2.45, 2.75) is 6.54 Å². The van der Waals surface area contributed by atoms with Gasteiger partial charge in [0.25, 0.3) is 5.91 Å². The molecule has 7 heteroatoms. The third-order valence-corrected chi connectivity index (χ3v) is 3.17. The van der Waals surface area contributed by atoms with E-state index in [1.807, 2.05) is 0 Å². The molecule has 3 N–H and O–H groups in total. The summed E-state index contributed by atoms with van der Waals surface area (Å²) in [6.45, 7) is 0.317. The molecular formula is C11H12N4O2S. The number of nitrogens with zero attached hydrogens (tertiary/aromatic N) is 2. The Balaban J connectivity index is 2.15. The van der Waals surface area contributed by atoms with Crippen LogP contribution in [0.4, 0.5) is 5.69 Å². The monoisotopic (exact) mass is 264 g/mol. The molecular weight excluding hydrogens is 252 g/mol. The first-order valence-corrected chi connectivity index (χ1v) is 6.10. The van der Waals surface area contributed by atoms with E-state index in [-0.39, 0.29) is 11.5 Å². The van der Waals surface area contributed by atoms with E-state index in [2.05, 4.69) is 10.3 Å². The molecule has 0 unspecified atom stereocenters. The van der Waals surface area contributed by atoms with Crippen LogP contribution in [-0.2, 0) is 13.6 Å². The number of nitrogens with two attached hydrogens (primary N) is 1. The van der Waals surface area contributed by atoms with Crippen LogP contribution in [0.5, 0.6) is 0 Å². The number of rotatable bonds is 3. The molecule has 0 aromatic carbocycles. The molecule has 1 amide bonds. The van der Waals surface area contributed by atoms with Crippen molar-refractivity contribution < 1.29 is 4.79 Å². The second kappa shape index (κ2) is 5.11. The van der Waals surface area contributed by atoms with Gasteiger partial charge in [0.1, 0.15) is 10.7 Å². The van der Waals surface area contributed by atoms with Crippen molar-refractivity contribution in [1.29, 1.82) is 0 Å². The van der Waals surface area contributed by atoms with Gasteiger partial charge in [-0.25, -0.2) is 4.98 Å². The molecule has 2 rings (SSSR count). The maximum atomic E-state index is 11.8. The smallest absolute Gasteiger partial charge is 0.275 e. The van der Waals surface area contributed by atoms with Crippen LogP contribution in [0.15, 0.2) is 28.5 Å². The van der Waals surface area contributed by atoms with Crippen molar-refractivity contribution in [3.8, 4) is 0 Å². The van der Waals surface area contributed by atoms with Gasteiger partial charge in [-0.05, 0) is 6.07 Å². The summed E-state index contributed by atoms with van der Waals surface area (Å²) in [5.74, 6) is -0.315. The SMILES string of the molecule is Cn1cc(NC(=O)c2csc(CN)n2)ccc1=O. The van der Waals surface area contributed by atoms with Gasteiger partial charge in [-0.3, -0.25) is 9.59 Å². The molecule has 0 aliphatic heterocycles. The lowest BCUT2D eigenvalue weighted by molar-refractivity contribution is 0.102. The fourth-order valence-electron chi connectivity index (χ4n) is 1.37. The van der Waals surface area contributed by atoms with Gasteiger partial charge < -0.3 is 15.6 Å². The second-order valence-corrected chi connectivity index (χ2v) is 4.59. The Morgan fingerprint density at radius 1 is 1.56 bits per heavy atom. The van der Waals surface area contributed by atoms with Gasteiger partial charge in [-0.2, -0.15) is 0 Å². The van der Waals surface area contributed by atoms with Crippen LogP contribution < -0.4 is 16.6 Å². The molecule has 0 spiro atoms. The van der Waals surface area contributed by atoms with Gasteiger partial charge in [-0.15, -0.1) is 11.3 Å². The zero-order valence-electron chi connectivity index (χ0n) is 9.71. The van der Waals surface area contributed by atoms with E-state index in [1.165, 1.54) is 22.0 Å². The topological polar surface area (TPSA) is 90.0 Å². The zero-order chi connectivity index (χ0) is 13.1. The van der Waals surface area contributed by atoms with E-state index in [9.17, 15) is 9.59 Å². The highest BCUT2D eigenvalue weighted by Crippen LogP contribution is 2.11. The van der Waals surface area contributed by atoms with Crippen molar-refractivity contribution in [2.24, 2.45) is 12.8 Å². The van der Waals surface area contributed by atoms with Gasteiger partial charge in [0.15, 0.2) is 0 Å². The Hall–Kier alpha value is -1.99. The minimum absolute atomic E-state index is 0.132.